The standard InChI is InChI=1S/C27H25F2N3O3/c28-26(29)34-21-12-10-19(11-13-21)24(18-6-2-1-3-7-18)31-25(33)20-14-16-32(17-15-20)27-30-22-8-4-5-9-23(22)35-27/h1-13,20,24,26H,14-17H2,(H,31,33). The molecule has 1 N–H and O–H groups in total. The summed E-state index contributed by atoms with van der Waals surface area (Å²) in [5.74, 6) is -0.110. The van der Waals surface area contributed by atoms with E-state index in [1.165, 1.54) is 12.1 Å². The van der Waals surface area contributed by atoms with Gasteiger partial charge in [0, 0.05) is 19.0 Å². The average Bonchev–Trinajstić information content (AvgIpc) is 3.32. The van der Waals surface area contributed by atoms with Crippen LogP contribution in [0, 0.1) is 5.92 Å². The number of hydrogen-bond acceptors (Lipinski definition) is 5. The van der Waals surface area contributed by atoms with Gasteiger partial charge in [-0.3, -0.25) is 4.79 Å². The number of para-hydroxylation sites is 2. The first kappa shape index (κ1) is 22.8. The minimum absolute atomic E-state index is 0.0380. The number of anilines is 1. The molecule has 0 saturated carbocycles. The second-order valence-electron chi connectivity index (χ2n) is 8.53. The van der Waals surface area contributed by atoms with Crippen LogP contribution >= 0.6 is 0 Å². The molecule has 8 heteroatoms. The number of rotatable bonds is 7. The number of aromatic nitrogens is 1. The minimum atomic E-state index is -2.88. The van der Waals surface area contributed by atoms with E-state index in [0.717, 1.165) is 22.2 Å². The predicted octanol–water partition coefficient (Wildman–Crippen LogP) is 5.55. The number of alkyl halides is 2. The number of amides is 1. The van der Waals surface area contributed by atoms with Crippen LogP contribution in [0.4, 0.5) is 14.8 Å². The Morgan fingerprint density at radius 3 is 2.29 bits per heavy atom. The highest BCUT2D eigenvalue weighted by atomic mass is 19.3. The zero-order valence-corrected chi connectivity index (χ0v) is 18.9. The smallest absolute Gasteiger partial charge is 0.387 e. The number of fused-ring (bicyclic) bond motifs is 1. The monoisotopic (exact) mass is 477 g/mol. The van der Waals surface area contributed by atoms with Gasteiger partial charge in [0.15, 0.2) is 5.58 Å². The fourth-order valence-corrected chi connectivity index (χ4v) is 4.43. The Balaban J connectivity index is 1.27. The van der Waals surface area contributed by atoms with E-state index in [4.69, 9.17) is 4.42 Å². The van der Waals surface area contributed by atoms with Crippen LogP contribution in [0.1, 0.15) is 30.0 Å². The van der Waals surface area contributed by atoms with Gasteiger partial charge in [0.1, 0.15) is 11.3 Å². The zero-order valence-electron chi connectivity index (χ0n) is 18.9. The molecule has 0 bridgehead atoms. The van der Waals surface area contributed by atoms with E-state index in [1.54, 1.807) is 12.1 Å². The highest BCUT2D eigenvalue weighted by molar-refractivity contribution is 5.80. The number of piperidine rings is 1. The highest BCUT2D eigenvalue weighted by Crippen LogP contribution is 2.29. The van der Waals surface area contributed by atoms with Crippen LogP contribution in [0.3, 0.4) is 0 Å². The summed E-state index contributed by atoms with van der Waals surface area (Å²) in [5, 5.41) is 3.17. The van der Waals surface area contributed by atoms with Gasteiger partial charge < -0.3 is 19.4 Å². The van der Waals surface area contributed by atoms with Gasteiger partial charge in [0.2, 0.25) is 5.91 Å². The van der Waals surface area contributed by atoms with Gasteiger partial charge in [-0.15, -0.1) is 0 Å². The molecule has 5 rings (SSSR count). The first-order valence-electron chi connectivity index (χ1n) is 11.6. The fraction of sp³-hybridized carbons (Fsp3) is 0.259. The Kier molecular flexibility index (Phi) is 6.61. The minimum Gasteiger partial charge on any atom is -0.435 e. The molecule has 1 atom stereocenters. The number of ether oxygens (including phenoxy) is 1. The van der Waals surface area contributed by atoms with E-state index >= 15 is 0 Å². The molecule has 0 radical (unpaired) electrons. The van der Waals surface area contributed by atoms with Gasteiger partial charge in [-0.25, -0.2) is 0 Å². The lowest BCUT2D eigenvalue weighted by Gasteiger charge is -2.31. The quantitative estimate of drug-likeness (QED) is 0.378. The van der Waals surface area contributed by atoms with Crippen molar-refractivity contribution in [2.75, 3.05) is 18.0 Å². The largest absolute Gasteiger partial charge is 0.435 e. The SMILES string of the molecule is O=C(NC(c1ccccc1)c1ccc(OC(F)F)cc1)C1CCN(c2nc3ccccc3o2)CC1. The Morgan fingerprint density at radius 2 is 1.60 bits per heavy atom. The van der Waals surface area contributed by atoms with Gasteiger partial charge in [0.25, 0.3) is 6.01 Å². The Labute approximate surface area is 201 Å². The Morgan fingerprint density at radius 1 is 0.943 bits per heavy atom. The third-order valence-electron chi connectivity index (χ3n) is 6.28. The van der Waals surface area contributed by atoms with Crippen molar-refractivity contribution in [2.45, 2.75) is 25.5 Å². The molecule has 1 aliphatic heterocycles. The van der Waals surface area contributed by atoms with Crippen molar-refractivity contribution in [2.24, 2.45) is 5.92 Å². The van der Waals surface area contributed by atoms with Crippen molar-refractivity contribution in [1.82, 2.24) is 10.3 Å². The van der Waals surface area contributed by atoms with Crippen LogP contribution in [-0.4, -0.2) is 30.6 Å². The Hall–Kier alpha value is -3.94. The van der Waals surface area contributed by atoms with Crippen molar-refractivity contribution < 1.29 is 22.7 Å². The summed E-state index contributed by atoms with van der Waals surface area (Å²) in [6.07, 6.45) is 1.35. The van der Waals surface area contributed by atoms with Gasteiger partial charge in [-0.05, 0) is 48.2 Å². The van der Waals surface area contributed by atoms with Gasteiger partial charge in [-0.1, -0.05) is 54.6 Å². The van der Waals surface area contributed by atoms with E-state index in [2.05, 4.69) is 19.9 Å². The third kappa shape index (κ3) is 5.26. The zero-order chi connectivity index (χ0) is 24.2. The van der Waals surface area contributed by atoms with E-state index < -0.39 is 12.7 Å². The van der Waals surface area contributed by atoms with Gasteiger partial charge in [-0.2, -0.15) is 13.8 Å². The van der Waals surface area contributed by atoms with Gasteiger partial charge in [0.05, 0.1) is 6.04 Å². The van der Waals surface area contributed by atoms with Crippen LogP contribution in [0.5, 0.6) is 5.75 Å². The number of benzene rings is 3. The first-order valence-corrected chi connectivity index (χ1v) is 11.6. The molecular formula is C27H25F2N3O3. The summed E-state index contributed by atoms with van der Waals surface area (Å²) in [5.41, 5.74) is 3.26. The van der Waals surface area contributed by atoms with Crippen molar-refractivity contribution in [3.63, 3.8) is 0 Å². The van der Waals surface area contributed by atoms with Crippen molar-refractivity contribution in [3.05, 3.63) is 90.0 Å². The molecule has 35 heavy (non-hydrogen) atoms. The second-order valence-corrected chi connectivity index (χ2v) is 8.53. The highest BCUT2D eigenvalue weighted by Gasteiger charge is 2.29. The molecule has 1 aromatic heterocycles. The molecule has 3 aromatic carbocycles. The summed E-state index contributed by atoms with van der Waals surface area (Å²) in [6, 6.07) is 23.8. The number of nitrogens with one attached hydrogen (secondary N) is 1. The van der Waals surface area contributed by atoms with Gasteiger partial charge >= 0.3 is 6.61 Å². The van der Waals surface area contributed by atoms with E-state index in [0.29, 0.717) is 31.9 Å². The molecule has 1 aliphatic rings. The maximum Gasteiger partial charge on any atom is 0.387 e. The maximum absolute atomic E-state index is 13.3. The van der Waals surface area contributed by atoms with Crippen LogP contribution < -0.4 is 15.0 Å². The number of carbonyl (C=O) groups excluding carboxylic acids is 1. The van der Waals surface area contributed by atoms with Crippen molar-refractivity contribution >= 4 is 23.0 Å². The van der Waals surface area contributed by atoms with E-state index in [-0.39, 0.29) is 17.6 Å². The fourth-order valence-electron chi connectivity index (χ4n) is 4.43. The van der Waals surface area contributed by atoms with Crippen LogP contribution in [0.2, 0.25) is 0 Å². The first-order chi connectivity index (χ1) is 17.1. The van der Waals surface area contributed by atoms with E-state index in [9.17, 15) is 13.6 Å². The molecule has 1 saturated heterocycles. The molecule has 0 aliphatic carbocycles. The Bertz CT molecular complexity index is 1240. The molecule has 1 amide bonds. The number of nitrogens with zero attached hydrogens (tertiary/aromatic N) is 2. The van der Waals surface area contributed by atoms with Crippen molar-refractivity contribution in [1.29, 1.82) is 0 Å². The lowest BCUT2D eigenvalue weighted by atomic mass is 9.93. The molecule has 2 heterocycles. The lowest BCUT2D eigenvalue weighted by Crippen LogP contribution is -2.42. The normalized spacial score (nSPS) is 15.3. The van der Waals surface area contributed by atoms with Crippen molar-refractivity contribution in [3.8, 4) is 5.75 Å². The number of hydrogen-bond donors (Lipinski definition) is 1. The summed E-state index contributed by atoms with van der Waals surface area (Å²) in [6.45, 7) is -1.55. The topological polar surface area (TPSA) is 67.6 Å². The molecule has 4 aromatic rings. The number of oxazole rings is 1. The summed E-state index contributed by atoms with van der Waals surface area (Å²) in [7, 11) is 0. The molecule has 0 spiro atoms. The molecule has 1 unspecified atom stereocenters. The predicted molar refractivity (Wildman–Crippen MR) is 128 cm³/mol. The number of halogens is 2. The average molecular weight is 478 g/mol. The molecule has 1 fully saturated rings. The second kappa shape index (κ2) is 10.1. The lowest BCUT2D eigenvalue weighted by molar-refractivity contribution is -0.126. The summed E-state index contributed by atoms with van der Waals surface area (Å²) in [4.78, 5) is 19.9. The molecule has 6 nitrogen and oxygen atoms in total. The van der Waals surface area contributed by atoms with Crippen LogP contribution in [0.25, 0.3) is 11.1 Å². The van der Waals surface area contributed by atoms with Crippen LogP contribution in [0.15, 0.2) is 83.3 Å². The summed E-state index contributed by atoms with van der Waals surface area (Å²) < 4.78 is 35.4. The number of carbonyl (C=O) groups is 1. The van der Waals surface area contributed by atoms with E-state index in [1.807, 2.05) is 54.6 Å². The maximum atomic E-state index is 13.3. The summed E-state index contributed by atoms with van der Waals surface area (Å²) >= 11 is 0. The molecular weight excluding hydrogens is 452 g/mol. The molecule has 180 valence electrons. The third-order valence-corrected chi connectivity index (χ3v) is 6.28. The van der Waals surface area contributed by atoms with Crippen LogP contribution in [-0.2, 0) is 4.79 Å².